The maximum Gasteiger partial charge on any atom is 0.310 e. The van der Waals surface area contributed by atoms with Crippen LogP contribution in [0.15, 0.2) is 54.6 Å². The van der Waals surface area contributed by atoms with E-state index in [9.17, 15) is 14.3 Å². The van der Waals surface area contributed by atoms with Gasteiger partial charge in [0, 0.05) is 30.5 Å². The van der Waals surface area contributed by atoms with Gasteiger partial charge in [-0.1, -0.05) is 48.9 Å². The summed E-state index contributed by atoms with van der Waals surface area (Å²) in [4.78, 5) is 14.2. The summed E-state index contributed by atoms with van der Waals surface area (Å²) in [5.74, 6) is -0.124. The number of carboxylic acid groups (broad SMARTS) is 1. The number of rotatable bonds is 10. The summed E-state index contributed by atoms with van der Waals surface area (Å²) >= 11 is 0. The molecule has 2 N–H and O–H groups in total. The predicted molar refractivity (Wildman–Crippen MR) is 130 cm³/mol. The highest BCUT2D eigenvalue weighted by Crippen LogP contribution is 2.44. The minimum Gasteiger partial charge on any atom is -0.490 e. The van der Waals surface area contributed by atoms with Gasteiger partial charge >= 0.3 is 5.97 Å². The van der Waals surface area contributed by atoms with Crippen LogP contribution >= 0.6 is 0 Å². The Hall–Kier alpha value is -2.44. The Bertz CT molecular complexity index is 986. The van der Waals surface area contributed by atoms with E-state index in [2.05, 4.69) is 40.5 Å². The number of piperidine rings is 1. The molecular formula is C28H35FN2O3. The van der Waals surface area contributed by atoms with Crippen LogP contribution in [-0.2, 0) is 4.79 Å². The molecule has 0 bridgehead atoms. The number of nitrogens with one attached hydrogen (secondary N) is 1. The Balaban J connectivity index is 1.22. The molecule has 0 amide bonds. The number of aliphatic carboxylic acids is 1. The Morgan fingerprint density at radius 3 is 2.41 bits per heavy atom. The lowest BCUT2D eigenvalue weighted by atomic mass is 9.68. The average Bonchev–Trinajstić information content (AvgIpc) is 3.61. The molecule has 2 aliphatic carbocycles. The highest BCUT2D eigenvalue weighted by atomic mass is 19.1. The Morgan fingerprint density at radius 1 is 1.06 bits per heavy atom. The first-order valence-electron chi connectivity index (χ1n) is 12.6. The van der Waals surface area contributed by atoms with Gasteiger partial charge < -0.3 is 20.1 Å². The molecule has 5 nitrogen and oxygen atoms in total. The van der Waals surface area contributed by atoms with E-state index in [0.29, 0.717) is 30.9 Å². The number of carbonyl (C=O) groups is 1. The van der Waals surface area contributed by atoms with Gasteiger partial charge in [-0.3, -0.25) is 4.79 Å². The van der Waals surface area contributed by atoms with Crippen molar-refractivity contribution in [1.82, 2.24) is 10.2 Å². The molecule has 2 aromatic carbocycles. The molecule has 1 heterocycles. The summed E-state index contributed by atoms with van der Waals surface area (Å²) in [5.41, 5.74) is 0.725. The van der Waals surface area contributed by atoms with E-state index in [0.717, 1.165) is 58.2 Å². The van der Waals surface area contributed by atoms with Crippen LogP contribution in [0.1, 0.15) is 50.0 Å². The van der Waals surface area contributed by atoms with Gasteiger partial charge in [0.1, 0.15) is 0 Å². The molecule has 2 atom stereocenters. The van der Waals surface area contributed by atoms with Crippen LogP contribution in [0, 0.1) is 16.6 Å². The number of para-hydroxylation sites is 1. The number of hydrogen-bond donors (Lipinski definition) is 2. The van der Waals surface area contributed by atoms with Crippen LogP contribution in [0.2, 0.25) is 0 Å². The zero-order valence-electron chi connectivity index (χ0n) is 19.7. The fraction of sp³-hybridized carbons (Fsp3) is 0.536. The third-order valence-electron chi connectivity index (χ3n) is 8.34. The van der Waals surface area contributed by atoms with Crippen LogP contribution in [0.5, 0.6) is 5.75 Å². The van der Waals surface area contributed by atoms with E-state index in [1.807, 2.05) is 0 Å². The number of likely N-dealkylation sites (tertiary alicyclic amines) is 1. The van der Waals surface area contributed by atoms with Crippen molar-refractivity contribution < 1.29 is 19.0 Å². The van der Waals surface area contributed by atoms with Gasteiger partial charge in [-0.05, 0) is 62.9 Å². The lowest BCUT2D eigenvalue weighted by molar-refractivity contribution is -0.156. The monoisotopic (exact) mass is 466 g/mol. The Labute approximate surface area is 201 Å². The standard InChI is InChI=1S/C28H35FN2O3/c29-23-9-4-5-10-25(23)34-20-27(18-30-24-17-22(24)21-7-2-1-3-8-21)13-15-31(16-14-27)19-28(26(32)33)11-6-12-28/h1-5,7-10,22,24,30H,6,11-20H2,(H,32,33)/t22-,24+/m0/s1. The molecule has 0 radical (unpaired) electrons. The lowest BCUT2D eigenvalue weighted by Gasteiger charge is -2.46. The summed E-state index contributed by atoms with van der Waals surface area (Å²) in [6.45, 7) is 3.63. The molecule has 34 heavy (non-hydrogen) atoms. The highest BCUT2D eigenvalue weighted by molar-refractivity contribution is 5.76. The zero-order chi connectivity index (χ0) is 23.6. The third kappa shape index (κ3) is 4.98. The van der Waals surface area contributed by atoms with E-state index in [4.69, 9.17) is 4.74 Å². The minimum absolute atomic E-state index is 0.0986. The Morgan fingerprint density at radius 2 is 1.76 bits per heavy atom. The molecule has 2 aromatic rings. The van der Waals surface area contributed by atoms with Gasteiger partial charge in [0.05, 0.1) is 12.0 Å². The maximum atomic E-state index is 14.2. The van der Waals surface area contributed by atoms with Crippen molar-refractivity contribution in [3.8, 4) is 5.75 Å². The second kappa shape index (κ2) is 9.67. The molecule has 0 aromatic heterocycles. The van der Waals surface area contributed by atoms with E-state index >= 15 is 0 Å². The fourth-order valence-electron chi connectivity index (χ4n) is 5.66. The van der Waals surface area contributed by atoms with Crippen LogP contribution in [0.25, 0.3) is 0 Å². The predicted octanol–water partition coefficient (Wildman–Crippen LogP) is 4.69. The first-order valence-corrected chi connectivity index (χ1v) is 12.6. The molecule has 3 fully saturated rings. The zero-order valence-corrected chi connectivity index (χ0v) is 19.7. The number of benzene rings is 2. The van der Waals surface area contributed by atoms with Gasteiger partial charge in [-0.15, -0.1) is 0 Å². The second-order valence-electron chi connectivity index (χ2n) is 10.7. The molecule has 2 saturated carbocycles. The van der Waals surface area contributed by atoms with E-state index < -0.39 is 11.4 Å². The molecule has 3 aliphatic rings. The molecule has 1 aliphatic heterocycles. The van der Waals surface area contributed by atoms with Crippen molar-refractivity contribution >= 4 is 5.97 Å². The summed E-state index contributed by atoms with van der Waals surface area (Å²) < 4.78 is 20.2. The van der Waals surface area contributed by atoms with E-state index in [1.165, 1.54) is 11.6 Å². The molecular weight excluding hydrogens is 431 g/mol. The summed E-state index contributed by atoms with van der Waals surface area (Å²) in [6.07, 6.45) is 5.53. The van der Waals surface area contributed by atoms with E-state index in [1.54, 1.807) is 18.2 Å². The quantitative estimate of drug-likeness (QED) is 0.532. The first kappa shape index (κ1) is 23.3. The molecule has 1 saturated heterocycles. The summed E-state index contributed by atoms with van der Waals surface area (Å²) in [6, 6.07) is 17.7. The van der Waals surface area contributed by atoms with Crippen molar-refractivity contribution in [2.24, 2.45) is 10.8 Å². The minimum atomic E-state index is -0.652. The van der Waals surface area contributed by atoms with Crippen molar-refractivity contribution in [2.75, 3.05) is 32.8 Å². The molecule has 5 rings (SSSR count). The number of halogens is 1. The maximum absolute atomic E-state index is 14.2. The van der Waals surface area contributed by atoms with Crippen LogP contribution in [0.3, 0.4) is 0 Å². The Kier molecular flexibility index (Phi) is 6.63. The van der Waals surface area contributed by atoms with Crippen molar-refractivity contribution in [3.63, 3.8) is 0 Å². The van der Waals surface area contributed by atoms with E-state index in [-0.39, 0.29) is 11.2 Å². The first-order chi connectivity index (χ1) is 16.5. The van der Waals surface area contributed by atoms with Crippen LogP contribution < -0.4 is 10.1 Å². The summed E-state index contributed by atoms with van der Waals surface area (Å²) in [5, 5.41) is 13.5. The van der Waals surface area contributed by atoms with Gasteiger partial charge in [-0.25, -0.2) is 4.39 Å². The SMILES string of the molecule is O=C(O)C1(CN2CCC(CN[C@@H]3C[C@H]3c3ccccc3)(COc3ccccc3F)CC2)CCC1. The van der Waals surface area contributed by atoms with Crippen molar-refractivity contribution in [3.05, 3.63) is 66.0 Å². The average molecular weight is 467 g/mol. The number of ether oxygens (including phenoxy) is 1. The number of nitrogens with zero attached hydrogens (tertiary/aromatic N) is 1. The van der Waals surface area contributed by atoms with Gasteiger partial charge in [0.2, 0.25) is 0 Å². The molecule has 0 spiro atoms. The fourth-order valence-corrected chi connectivity index (χ4v) is 5.66. The summed E-state index contributed by atoms with van der Waals surface area (Å²) in [7, 11) is 0. The van der Waals surface area contributed by atoms with Crippen molar-refractivity contribution in [1.29, 1.82) is 0 Å². The van der Waals surface area contributed by atoms with Gasteiger partial charge in [-0.2, -0.15) is 0 Å². The topological polar surface area (TPSA) is 61.8 Å². The van der Waals surface area contributed by atoms with Crippen LogP contribution in [-0.4, -0.2) is 54.8 Å². The second-order valence-corrected chi connectivity index (χ2v) is 10.7. The lowest BCUT2D eigenvalue weighted by Crippen LogP contribution is -2.53. The third-order valence-corrected chi connectivity index (χ3v) is 8.34. The smallest absolute Gasteiger partial charge is 0.310 e. The van der Waals surface area contributed by atoms with Crippen molar-refractivity contribution in [2.45, 2.75) is 50.5 Å². The largest absolute Gasteiger partial charge is 0.490 e. The van der Waals surface area contributed by atoms with Crippen LogP contribution in [0.4, 0.5) is 4.39 Å². The van der Waals surface area contributed by atoms with Gasteiger partial charge in [0.15, 0.2) is 11.6 Å². The molecule has 182 valence electrons. The number of carboxylic acids is 1. The van der Waals surface area contributed by atoms with Gasteiger partial charge in [0.25, 0.3) is 0 Å². The molecule has 6 heteroatoms. The number of hydrogen-bond acceptors (Lipinski definition) is 4. The highest BCUT2D eigenvalue weighted by Gasteiger charge is 2.47. The normalized spacial score (nSPS) is 25.3. The molecule has 0 unspecified atom stereocenters.